The topological polar surface area (TPSA) is 39.9 Å². The summed E-state index contributed by atoms with van der Waals surface area (Å²) < 4.78 is 0. The number of benzene rings is 1. The van der Waals surface area contributed by atoms with Gasteiger partial charge in [0.1, 0.15) is 0 Å². The molecule has 0 atom stereocenters. The van der Waals surface area contributed by atoms with Gasteiger partial charge in [0.05, 0.1) is 16.7 Å². The van der Waals surface area contributed by atoms with Gasteiger partial charge in [-0.3, -0.25) is 4.98 Å². The lowest BCUT2D eigenvalue weighted by Gasteiger charge is -2.20. The Balaban J connectivity index is 2.20. The molecule has 0 aliphatic rings. The molecular weight excluding hydrogens is 246 g/mol. The number of pyridine rings is 1. The number of hydrogen-bond donors (Lipinski definition) is 0. The van der Waals surface area contributed by atoms with Gasteiger partial charge in [-0.25, -0.2) is 0 Å². The third kappa shape index (κ3) is 2.79. The second-order valence-electron chi connectivity index (χ2n) is 3.99. The maximum atomic E-state index is 8.88. The van der Waals surface area contributed by atoms with Crippen molar-refractivity contribution in [2.45, 2.75) is 6.54 Å². The normalized spacial score (nSPS) is 9.83. The van der Waals surface area contributed by atoms with Gasteiger partial charge >= 0.3 is 0 Å². The second-order valence-corrected chi connectivity index (χ2v) is 4.39. The zero-order valence-corrected chi connectivity index (χ0v) is 10.7. The van der Waals surface area contributed by atoms with Gasteiger partial charge in [0.25, 0.3) is 0 Å². The smallest absolute Gasteiger partial charge is 0.0992 e. The third-order valence-corrected chi connectivity index (χ3v) is 3.02. The molecule has 1 aromatic carbocycles. The van der Waals surface area contributed by atoms with Crippen LogP contribution in [0.4, 0.5) is 5.69 Å². The standard InChI is InChI=1S/C14H12ClN3/c1-18(10-12-5-6-17-9-14(12)15)13-4-2-3-11(7-13)8-16/h2-7,9H,10H2,1H3. The molecule has 0 fully saturated rings. The third-order valence-electron chi connectivity index (χ3n) is 2.68. The molecule has 3 nitrogen and oxygen atoms in total. The van der Waals surface area contributed by atoms with Crippen LogP contribution >= 0.6 is 11.6 Å². The van der Waals surface area contributed by atoms with E-state index in [9.17, 15) is 0 Å². The van der Waals surface area contributed by atoms with Crippen LogP contribution in [0.3, 0.4) is 0 Å². The molecule has 0 aliphatic carbocycles. The minimum absolute atomic E-state index is 0.653. The average molecular weight is 258 g/mol. The Morgan fingerprint density at radius 1 is 1.39 bits per heavy atom. The zero-order valence-electron chi connectivity index (χ0n) is 9.97. The molecule has 1 aromatic heterocycles. The molecule has 0 N–H and O–H groups in total. The van der Waals surface area contributed by atoms with Crippen LogP contribution in [0.2, 0.25) is 5.02 Å². The number of aromatic nitrogens is 1. The number of nitriles is 1. The first-order chi connectivity index (χ1) is 8.70. The number of rotatable bonds is 3. The Morgan fingerprint density at radius 3 is 2.94 bits per heavy atom. The van der Waals surface area contributed by atoms with E-state index in [2.05, 4.69) is 11.1 Å². The van der Waals surface area contributed by atoms with Crippen molar-refractivity contribution in [3.8, 4) is 6.07 Å². The van der Waals surface area contributed by atoms with Gasteiger partial charge in [-0.15, -0.1) is 0 Å². The fraction of sp³-hybridized carbons (Fsp3) is 0.143. The molecule has 4 heteroatoms. The minimum atomic E-state index is 0.653. The molecule has 0 unspecified atom stereocenters. The van der Waals surface area contributed by atoms with Crippen molar-refractivity contribution < 1.29 is 0 Å². The predicted molar refractivity (Wildman–Crippen MR) is 72.5 cm³/mol. The van der Waals surface area contributed by atoms with Gasteiger partial charge in [0.15, 0.2) is 0 Å². The van der Waals surface area contributed by atoms with Crippen LogP contribution in [-0.2, 0) is 6.54 Å². The molecule has 0 spiro atoms. The van der Waals surface area contributed by atoms with E-state index in [1.54, 1.807) is 18.5 Å². The van der Waals surface area contributed by atoms with E-state index < -0.39 is 0 Å². The maximum absolute atomic E-state index is 8.88. The molecule has 0 radical (unpaired) electrons. The van der Waals surface area contributed by atoms with Gasteiger partial charge < -0.3 is 4.90 Å². The fourth-order valence-electron chi connectivity index (χ4n) is 1.69. The second kappa shape index (κ2) is 5.52. The lowest BCUT2D eigenvalue weighted by Crippen LogP contribution is -2.16. The molecule has 0 aliphatic heterocycles. The van der Waals surface area contributed by atoms with Crippen molar-refractivity contribution in [2.75, 3.05) is 11.9 Å². The number of halogens is 1. The highest BCUT2D eigenvalue weighted by atomic mass is 35.5. The van der Waals surface area contributed by atoms with Crippen LogP contribution in [-0.4, -0.2) is 12.0 Å². The van der Waals surface area contributed by atoms with Crippen LogP contribution in [0, 0.1) is 11.3 Å². The van der Waals surface area contributed by atoms with E-state index >= 15 is 0 Å². The van der Waals surface area contributed by atoms with Gasteiger partial charge in [0.2, 0.25) is 0 Å². The Bertz CT molecular complexity index is 590. The van der Waals surface area contributed by atoms with Gasteiger partial charge in [-0.2, -0.15) is 5.26 Å². The van der Waals surface area contributed by atoms with E-state index in [4.69, 9.17) is 16.9 Å². The van der Waals surface area contributed by atoms with Crippen molar-refractivity contribution in [3.05, 3.63) is 58.9 Å². The monoisotopic (exact) mass is 257 g/mol. The van der Waals surface area contributed by atoms with Crippen molar-refractivity contribution in [2.24, 2.45) is 0 Å². The molecule has 0 bridgehead atoms. The molecular formula is C14H12ClN3. The summed E-state index contributed by atoms with van der Waals surface area (Å²) in [6, 6.07) is 11.5. The Hall–Kier alpha value is -2.05. The lowest BCUT2D eigenvalue weighted by atomic mass is 10.2. The fourth-order valence-corrected chi connectivity index (χ4v) is 1.87. The van der Waals surface area contributed by atoms with E-state index in [0.29, 0.717) is 17.1 Å². The van der Waals surface area contributed by atoms with Crippen LogP contribution in [0.1, 0.15) is 11.1 Å². The molecule has 2 aromatic rings. The van der Waals surface area contributed by atoms with Crippen molar-refractivity contribution in [3.63, 3.8) is 0 Å². The number of anilines is 1. The van der Waals surface area contributed by atoms with E-state index in [0.717, 1.165) is 11.3 Å². The summed E-state index contributed by atoms with van der Waals surface area (Å²) in [6.45, 7) is 0.677. The molecule has 1 heterocycles. The largest absolute Gasteiger partial charge is 0.370 e. The molecule has 18 heavy (non-hydrogen) atoms. The van der Waals surface area contributed by atoms with Crippen LogP contribution in [0.15, 0.2) is 42.7 Å². The highest BCUT2D eigenvalue weighted by molar-refractivity contribution is 6.31. The van der Waals surface area contributed by atoms with Gasteiger partial charge in [-0.05, 0) is 29.8 Å². The predicted octanol–water partition coefficient (Wildman–Crippen LogP) is 3.24. The summed E-state index contributed by atoms with van der Waals surface area (Å²) in [6.07, 6.45) is 3.36. The van der Waals surface area contributed by atoms with Crippen molar-refractivity contribution >= 4 is 17.3 Å². The summed E-state index contributed by atoms with van der Waals surface area (Å²) in [7, 11) is 1.97. The summed E-state index contributed by atoms with van der Waals surface area (Å²) in [5.41, 5.74) is 2.65. The van der Waals surface area contributed by atoms with Crippen molar-refractivity contribution in [1.82, 2.24) is 4.98 Å². The SMILES string of the molecule is CN(Cc1ccncc1Cl)c1cccc(C#N)c1. The quantitative estimate of drug-likeness (QED) is 0.847. The van der Waals surface area contributed by atoms with E-state index in [-0.39, 0.29) is 0 Å². The Labute approximate surface area is 111 Å². The van der Waals surface area contributed by atoms with E-state index in [1.165, 1.54) is 0 Å². The van der Waals surface area contributed by atoms with Crippen molar-refractivity contribution in [1.29, 1.82) is 5.26 Å². The molecule has 2 rings (SSSR count). The van der Waals surface area contributed by atoms with Crippen LogP contribution in [0.25, 0.3) is 0 Å². The number of nitrogens with zero attached hydrogens (tertiary/aromatic N) is 3. The Kier molecular flexibility index (Phi) is 3.81. The minimum Gasteiger partial charge on any atom is -0.370 e. The Morgan fingerprint density at radius 2 is 2.22 bits per heavy atom. The van der Waals surface area contributed by atoms with Gasteiger partial charge in [-0.1, -0.05) is 17.7 Å². The first-order valence-electron chi connectivity index (χ1n) is 5.50. The summed E-state index contributed by atoms with van der Waals surface area (Å²) >= 11 is 6.07. The van der Waals surface area contributed by atoms with E-state index in [1.807, 2.05) is 36.2 Å². The van der Waals surface area contributed by atoms with Gasteiger partial charge in [0, 0.05) is 31.7 Å². The maximum Gasteiger partial charge on any atom is 0.0992 e. The molecule has 90 valence electrons. The first kappa shape index (κ1) is 12.4. The average Bonchev–Trinajstić information content (AvgIpc) is 2.41. The summed E-state index contributed by atoms with van der Waals surface area (Å²) in [4.78, 5) is 6.00. The highest BCUT2D eigenvalue weighted by Crippen LogP contribution is 2.20. The van der Waals surface area contributed by atoms with Crippen LogP contribution in [0.5, 0.6) is 0 Å². The highest BCUT2D eigenvalue weighted by Gasteiger charge is 2.05. The summed E-state index contributed by atoms with van der Waals surface area (Å²) in [5, 5.41) is 9.53. The molecule has 0 saturated heterocycles. The van der Waals surface area contributed by atoms with Crippen LogP contribution < -0.4 is 4.90 Å². The molecule has 0 amide bonds. The number of hydrogen-bond acceptors (Lipinski definition) is 3. The summed E-state index contributed by atoms with van der Waals surface area (Å²) in [5.74, 6) is 0. The zero-order chi connectivity index (χ0) is 13.0. The lowest BCUT2D eigenvalue weighted by molar-refractivity contribution is 0.919. The first-order valence-corrected chi connectivity index (χ1v) is 5.88. The molecule has 0 saturated carbocycles.